The van der Waals surface area contributed by atoms with Crippen molar-refractivity contribution < 1.29 is 23.4 Å². The Morgan fingerprint density at radius 2 is 1.90 bits per heavy atom. The number of anilines is 3. The van der Waals surface area contributed by atoms with Gasteiger partial charge in [-0.05, 0) is 38.2 Å². The molecule has 10 nitrogen and oxygen atoms in total. The maximum absolute atomic E-state index is 15.3. The number of aliphatic hydroxyl groups excluding tert-OH is 1. The first-order valence-electron chi connectivity index (χ1n) is 12.8. The number of fused-ring (bicyclic) bond motifs is 1. The number of rotatable bonds is 7. The fourth-order valence-corrected chi connectivity index (χ4v) is 4.69. The number of H-pyrrole nitrogens is 1. The number of piperazine rings is 1. The highest BCUT2D eigenvalue weighted by atomic mass is 19.1. The van der Waals surface area contributed by atoms with Crippen molar-refractivity contribution in [2.24, 2.45) is 0 Å². The smallest absolute Gasteiger partial charge is 0.262 e. The standard InChI is InChI=1S/C28H31F2N7O3/c1-16-11-19-24(30)22(13-20(29)25(19)33-16)40-27-23(28(39)35(2)3)26(31-15-32-27)34-21-6-5-18(12-17(21)14-38)37-9-7-36(4)8-10-37/h5-6,11-13,15,33,38H,7-10,14H2,1-4H3,(H,31,32,34). The van der Waals surface area contributed by atoms with Gasteiger partial charge < -0.3 is 34.8 Å². The van der Waals surface area contributed by atoms with Gasteiger partial charge >= 0.3 is 0 Å². The lowest BCUT2D eigenvalue weighted by atomic mass is 10.1. The van der Waals surface area contributed by atoms with Crippen LogP contribution in [0.5, 0.6) is 11.6 Å². The van der Waals surface area contributed by atoms with Crippen molar-refractivity contribution in [3.63, 3.8) is 0 Å². The lowest BCUT2D eigenvalue weighted by Crippen LogP contribution is -2.44. The van der Waals surface area contributed by atoms with Crippen molar-refractivity contribution in [3.8, 4) is 11.6 Å². The molecule has 210 valence electrons. The van der Waals surface area contributed by atoms with Crippen LogP contribution in [0.3, 0.4) is 0 Å². The van der Waals surface area contributed by atoms with E-state index in [1.54, 1.807) is 21.0 Å². The van der Waals surface area contributed by atoms with Gasteiger partial charge in [-0.15, -0.1) is 0 Å². The van der Waals surface area contributed by atoms with Gasteiger partial charge in [0.15, 0.2) is 23.2 Å². The number of aromatic amines is 1. The van der Waals surface area contributed by atoms with Gasteiger partial charge in [-0.2, -0.15) is 0 Å². The molecule has 3 heterocycles. The van der Waals surface area contributed by atoms with E-state index in [1.165, 1.54) is 11.0 Å². The third-order valence-electron chi connectivity index (χ3n) is 6.92. The monoisotopic (exact) mass is 551 g/mol. The molecule has 2 aromatic carbocycles. The molecule has 0 bridgehead atoms. The Balaban J connectivity index is 1.51. The van der Waals surface area contributed by atoms with E-state index in [-0.39, 0.29) is 34.8 Å². The van der Waals surface area contributed by atoms with Crippen molar-refractivity contribution in [1.29, 1.82) is 0 Å². The van der Waals surface area contributed by atoms with Gasteiger partial charge in [0.2, 0.25) is 5.88 Å². The molecule has 12 heteroatoms. The molecule has 0 radical (unpaired) electrons. The normalized spacial score (nSPS) is 14.0. The van der Waals surface area contributed by atoms with Crippen LogP contribution in [0.1, 0.15) is 21.6 Å². The highest BCUT2D eigenvalue weighted by Gasteiger charge is 2.26. The average Bonchev–Trinajstić information content (AvgIpc) is 3.34. The summed E-state index contributed by atoms with van der Waals surface area (Å²) in [5.41, 5.74) is 2.63. The molecule has 1 aliphatic rings. The Bertz CT molecular complexity index is 1570. The number of likely N-dealkylation sites (N-methyl/N-ethyl adjacent to an activating group) is 1. The van der Waals surface area contributed by atoms with Crippen LogP contribution < -0.4 is 15.0 Å². The van der Waals surface area contributed by atoms with Crippen molar-refractivity contribution >= 4 is 34.0 Å². The van der Waals surface area contributed by atoms with Crippen molar-refractivity contribution in [3.05, 3.63) is 65.1 Å². The maximum atomic E-state index is 15.3. The lowest BCUT2D eigenvalue weighted by Gasteiger charge is -2.34. The number of halogens is 2. The van der Waals surface area contributed by atoms with E-state index in [0.29, 0.717) is 16.9 Å². The Labute approximate surface area is 230 Å². The Morgan fingerprint density at radius 1 is 1.15 bits per heavy atom. The minimum Gasteiger partial charge on any atom is -0.435 e. The maximum Gasteiger partial charge on any atom is 0.262 e. The summed E-state index contributed by atoms with van der Waals surface area (Å²) < 4.78 is 35.8. The van der Waals surface area contributed by atoms with E-state index < -0.39 is 23.3 Å². The minimum absolute atomic E-state index is 0.0217. The topological polar surface area (TPSA) is 110 Å². The van der Waals surface area contributed by atoms with Gasteiger partial charge in [-0.1, -0.05) is 0 Å². The number of amides is 1. The van der Waals surface area contributed by atoms with Crippen molar-refractivity contribution in [2.75, 3.05) is 57.5 Å². The van der Waals surface area contributed by atoms with E-state index in [2.05, 4.69) is 37.1 Å². The summed E-state index contributed by atoms with van der Waals surface area (Å²) in [6.45, 7) is 5.05. The minimum atomic E-state index is -0.792. The fourth-order valence-electron chi connectivity index (χ4n) is 4.69. The number of nitrogens with zero attached hydrogens (tertiary/aromatic N) is 5. The molecule has 0 aliphatic carbocycles. The number of hydrogen-bond acceptors (Lipinski definition) is 8. The molecule has 1 aliphatic heterocycles. The summed E-state index contributed by atoms with van der Waals surface area (Å²) in [6, 6.07) is 8.02. The molecular weight excluding hydrogens is 520 g/mol. The van der Waals surface area contributed by atoms with Gasteiger partial charge in [-0.25, -0.2) is 18.7 Å². The second kappa shape index (κ2) is 11.1. The second-order valence-corrected chi connectivity index (χ2v) is 10.0. The van der Waals surface area contributed by atoms with Gasteiger partial charge in [-0.3, -0.25) is 4.79 Å². The third-order valence-corrected chi connectivity index (χ3v) is 6.92. The summed E-state index contributed by atoms with van der Waals surface area (Å²) >= 11 is 0. The highest BCUT2D eigenvalue weighted by molar-refractivity contribution is 6.01. The summed E-state index contributed by atoms with van der Waals surface area (Å²) in [5.74, 6) is -2.60. The summed E-state index contributed by atoms with van der Waals surface area (Å²) in [5, 5.41) is 13.3. The van der Waals surface area contributed by atoms with Gasteiger partial charge in [0, 0.05) is 74.4 Å². The number of aromatic nitrogens is 3. The van der Waals surface area contributed by atoms with E-state index >= 15 is 4.39 Å². The van der Waals surface area contributed by atoms with Crippen molar-refractivity contribution in [1.82, 2.24) is 24.8 Å². The second-order valence-electron chi connectivity index (χ2n) is 10.0. The zero-order valence-electron chi connectivity index (χ0n) is 22.8. The van der Waals surface area contributed by atoms with E-state index in [9.17, 15) is 14.3 Å². The SMILES string of the molecule is Cc1cc2c(F)c(Oc3ncnc(Nc4ccc(N5CCN(C)CC5)cc4CO)c3C(=O)N(C)C)cc(F)c2[nH]1. The molecule has 40 heavy (non-hydrogen) atoms. The number of nitrogens with one attached hydrogen (secondary N) is 2. The van der Waals surface area contributed by atoms with Crippen LogP contribution >= 0.6 is 0 Å². The fraction of sp³-hybridized carbons (Fsp3) is 0.321. The number of hydrogen-bond donors (Lipinski definition) is 3. The highest BCUT2D eigenvalue weighted by Crippen LogP contribution is 2.36. The molecule has 3 N–H and O–H groups in total. The number of ether oxygens (including phenoxy) is 1. The van der Waals surface area contributed by atoms with Crippen LogP contribution in [0.25, 0.3) is 10.9 Å². The predicted molar refractivity (Wildman–Crippen MR) is 148 cm³/mol. The molecule has 2 aromatic heterocycles. The van der Waals surface area contributed by atoms with Crippen LogP contribution in [0, 0.1) is 18.6 Å². The summed E-state index contributed by atoms with van der Waals surface area (Å²) in [4.78, 5) is 30.2. The summed E-state index contributed by atoms with van der Waals surface area (Å²) in [7, 11) is 5.17. The number of carbonyl (C=O) groups excluding carboxylic acids is 1. The van der Waals surface area contributed by atoms with E-state index in [0.717, 1.165) is 44.3 Å². The lowest BCUT2D eigenvalue weighted by molar-refractivity contribution is 0.0825. The Morgan fingerprint density at radius 3 is 2.60 bits per heavy atom. The Kier molecular flexibility index (Phi) is 7.55. The first-order chi connectivity index (χ1) is 19.2. The average molecular weight is 552 g/mol. The molecule has 1 saturated heterocycles. The van der Waals surface area contributed by atoms with Gasteiger partial charge in [0.1, 0.15) is 11.9 Å². The molecule has 4 aromatic rings. The van der Waals surface area contributed by atoms with Gasteiger partial charge in [0.05, 0.1) is 12.1 Å². The van der Waals surface area contributed by atoms with Crippen LogP contribution in [0.4, 0.5) is 26.0 Å². The molecule has 5 rings (SSSR count). The molecule has 0 spiro atoms. The molecule has 1 amide bonds. The number of carbonyl (C=O) groups is 1. The summed E-state index contributed by atoms with van der Waals surface area (Å²) in [6.07, 6.45) is 1.16. The van der Waals surface area contributed by atoms with E-state index in [4.69, 9.17) is 4.74 Å². The first kappa shape index (κ1) is 27.3. The predicted octanol–water partition coefficient (Wildman–Crippen LogP) is 4.03. The zero-order valence-corrected chi connectivity index (χ0v) is 22.8. The quantitative estimate of drug-likeness (QED) is 0.316. The molecule has 1 fully saturated rings. The molecular formula is C28H31F2N7O3. The zero-order chi connectivity index (χ0) is 28.6. The first-order valence-corrected chi connectivity index (χ1v) is 12.8. The van der Waals surface area contributed by atoms with Crippen LogP contribution in [0.2, 0.25) is 0 Å². The number of aliphatic hydroxyl groups is 1. The molecule has 0 saturated carbocycles. The van der Waals surface area contributed by atoms with Crippen molar-refractivity contribution in [2.45, 2.75) is 13.5 Å². The van der Waals surface area contributed by atoms with Crippen LogP contribution in [0.15, 0.2) is 36.7 Å². The largest absolute Gasteiger partial charge is 0.435 e. The van der Waals surface area contributed by atoms with Crippen LogP contribution in [-0.4, -0.2) is 83.1 Å². The molecule has 0 unspecified atom stereocenters. The van der Waals surface area contributed by atoms with Gasteiger partial charge in [0.25, 0.3) is 5.91 Å². The van der Waals surface area contributed by atoms with Crippen LogP contribution in [-0.2, 0) is 6.61 Å². The molecule has 0 atom stereocenters. The van der Waals surface area contributed by atoms with E-state index in [1.807, 2.05) is 18.2 Å². The number of aryl methyl sites for hydroxylation is 1. The Hall–Kier alpha value is -4.29. The number of benzene rings is 2. The third kappa shape index (κ3) is 5.27.